The number of pyridine rings is 1. The quantitative estimate of drug-likeness (QED) is 0.878. The Kier molecular flexibility index (Phi) is 2.82. The van der Waals surface area contributed by atoms with E-state index in [9.17, 15) is 13.2 Å². The Hall–Kier alpha value is -1.56. The van der Waals surface area contributed by atoms with Crippen LogP contribution < -0.4 is 5.73 Å². The third-order valence-corrected chi connectivity index (χ3v) is 2.77. The van der Waals surface area contributed by atoms with Gasteiger partial charge in [-0.1, -0.05) is 0 Å². The van der Waals surface area contributed by atoms with Crippen molar-refractivity contribution in [2.24, 2.45) is 12.8 Å². The minimum atomic E-state index is -4.33. The van der Waals surface area contributed by atoms with E-state index < -0.39 is 18.6 Å². The SMILES string of the molecule is Cn1cc(C(CN)C(F)(F)F)c2cccnc21. The number of alkyl halides is 3. The van der Waals surface area contributed by atoms with E-state index in [2.05, 4.69) is 4.98 Å². The molecule has 0 aliphatic rings. The number of nitrogens with zero attached hydrogens (tertiary/aromatic N) is 2. The summed E-state index contributed by atoms with van der Waals surface area (Å²) in [5.41, 5.74) is 5.96. The van der Waals surface area contributed by atoms with Gasteiger partial charge in [0.05, 0.1) is 5.92 Å². The van der Waals surface area contributed by atoms with Crippen LogP contribution in [0.5, 0.6) is 0 Å². The highest BCUT2D eigenvalue weighted by Crippen LogP contribution is 2.37. The third-order valence-electron chi connectivity index (χ3n) is 2.77. The van der Waals surface area contributed by atoms with Crippen molar-refractivity contribution in [2.75, 3.05) is 6.54 Å². The number of hydrogen-bond donors (Lipinski definition) is 1. The van der Waals surface area contributed by atoms with Gasteiger partial charge in [0, 0.05) is 31.4 Å². The third kappa shape index (κ3) is 2.00. The average Bonchev–Trinajstić information content (AvgIpc) is 2.56. The predicted molar refractivity (Wildman–Crippen MR) is 58.6 cm³/mol. The van der Waals surface area contributed by atoms with Crippen LogP contribution in [-0.2, 0) is 7.05 Å². The van der Waals surface area contributed by atoms with Crippen LogP contribution >= 0.6 is 0 Å². The molecule has 0 aromatic carbocycles. The Balaban J connectivity index is 2.62. The second-order valence-corrected chi connectivity index (χ2v) is 3.90. The molecule has 92 valence electrons. The number of hydrogen-bond acceptors (Lipinski definition) is 2. The molecule has 0 spiro atoms. The molecule has 0 saturated carbocycles. The summed E-state index contributed by atoms with van der Waals surface area (Å²) in [5.74, 6) is -1.64. The standard InChI is InChI=1S/C11H12F3N3/c1-17-6-8(9(5-15)11(12,13)14)7-3-2-4-16-10(7)17/h2-4,6,9H,5,15H2,1H3. The van der Waals surface area contributed by atoms with Gasteiger partial charge < -0.3 is 10.3 Å². The molecule has 0 amide bonds. The van der Waals surface area contributed by atoms with E-state index in [0.717, 1.165) is 0 Å². The van der Waals surface area contributed by atoms with E-state index in [1.807, 2.05) is 0 Å². The molecular formula is C11H12F3N3. The van der Waals surface area contributed by atoms with Gasteiger partial charge in [0.2, 0.25) is 0 Å². The zero-order valence-corrected chi connectivity index (χ0v) is 9.20. The number of rotatable bonds is 2. The molecule has 2 N–H and O–H groups in total. The highest BCUT2D eigenvalue weighted by molar-refractivity contribution is 5.81. The van der Waals surface area contributed by atoms with Crippen LogP contribution in [0, 0.1) is 0 Å². The van der Waals surface area contributed by atoms with Gasteiger partial charge in [-0.3, -0.25) is 0 Å². The smallest absolute Gasteiger partial charge is 0.335 e. The summed E-state index contributed by atoms with van der Waals surface area (Å²) >= 11 is 0. The van der Waals surface area contributed by atoms with Crippen molar-refractivity contribution in [2.45, 2.75) is 12.1 Å². The van der Waals surface area contributed by atoms with Crippen LogP contribution in [0.25, 0.3) is 11.0 Å². The molecule has 17 heavy (non-hydrogen) atoms. The molecule has 0 fully saturated rings. The Bertz CT molecular complexity index is 530. The van der Waals surface area contributed by atoms with Gasteiger partial charge in [-0.2, -0.15) is 13.2 Å². The van der Waals surface area contributed by atoms with Gasteiger partial charge in [0.25, 0.3) is 0 Å². The molecule has 2 rings (SSSR count). The Labute approximate surface area is 96.0 Å². The fourth-order valence-electron chi connectivity index (χ4n) is 1.96. The van der Waals surface area contributed by atoms with Crippen molar-refractivity contribution in [1.29, 1.82) is 0 Å². The van der Waals surface area contributed by atoms with Gasteiger partial charge in [-0.05, 0) is 17.7 Å². The summed E-state index contributed by atoms with van der Waals surface area (Å²) in [6.07, 6.45) is -1.33. The molecule has 0 saturated heterocycles. The summed E-state index contributed by atoms with van der Waals surface area (Å²) in [7, 11) is 1.67. The molecule has 2 aromatic heterocycles. The lowest BCUT2D eigenvalue weighted by Gasteiger charge is -2.17. The van der Waals surface area contributed by atoms with Crippen LogP contribution in [0.2, 0.25) is 0 Å². The van der Waals surface area contributed by atoms with Crippen molar-refractivity contribution in [3.63, 3.8) is 0 Å². The zero-order valence-electron chi connectivity index (χ0n) is 9.20. The maximum atomic E-state index is 12.8. The van der Waals surface area contributed by atoms with E-state index >= 15 is 0 Å². The molecule has 6 heteroatoms. The fraction of sp³-hybridized carbons (Fsp3) is 0.364. The lowest BCUT2D eigenvalue weighted by Crippen LogP contribution is -2.27. The van der Waals surface area contributed by atoms with Gasteiger partial charge in [-0.25, -0.2) is 4.98 Å². The molecule has 1 atom stereocenters. The number of aromatic nitrogens is 2. The lowest BCUT2D eigenvalue weighted by atomic mass is 9.99. The van der Waals surface area contributed by atoms with Crippen LogP contribution in [0.1, 0.15) is 11.5 Å². The first-order valence-electron chi connectivity index (χ1n) is 5.12. The minimum absolute atomic E-state index is 0.186. The van der Waals surface area contributed by atoms with E-state index in [4.69, 9.17) is 5.73 Å². The molecule has 0 aliphatic carbocycles. The van der Waals surface area contributed by atoms with E-state index in [1.54, 1.807) is 29.9 Å². The van der Waals surface area contributed by atoms with Gasteiger partial charge in [0.1, 0.15) is 5.65 Å². The van der Waals surface area contributed by atoms with Crippen molar-refractivity contribution in [3.05, 3.63) is 30.1 Å². The number of nitrogens with two attached hydrogens (primary N) is 1. The number of aryl methyl sites for hydroxylation is 1. The summed E-state index contributed by atoms with van der Waals surface area (Å²) in [6.45, 7) is -0.461. The molecule has 0 aliphatic heterocycles. The first kappa shape index (κ1) is 11.9. The molecule has 2 aromatic rings. The van der Waals surface area contributed by atoms with E-state index in [0.29, 0.717) is 11.0 Å². The maximum Gasteiger partial charge on any atom is 0.397 e. The molecule has 2 heterocycles. The Morgan fingerprint density at radius 1 is 1.47 bits per heavy atom. The second kappa shape index (κ2) is 4.03. The topological polar surface area (TPSA) is 43.8 Å². The van der Waals surface area contributed by atoms with Gasteiger partial charge in [0.15, 0.2) is 0 Å². The van der Waals surface area contributed by atoms with Crippen LogP contribution in [-0.4, -0.2) is 22.3 Å². The monoisotopic (exact) mass is 243 g/mol. The second-order valence-electron chi connectivity index (χ2n) is 3.90. The Morgan fingerprint density at radius 3 is 2.76 bits per heavy atom. The predicted octanol–water partition coefficient (Wildman–Crippen LogP) is 2.18. The van der Waals surface area contributed by atoms with Crippen molar-refractivity contribution in [1.82, 2.24) is 9.55 Å². The molecule has 3 nitrogen and oxygen atoms in total. The lowest BCUT2D eigenvalue weighted by molar-refractivity contribution is -0.147. The first-order chi connectivity index (χ1) is 7.95. The van der Waals surface area contributed by atoms with E-state index in [1.165, 1.54) is 6.20 Å². The van der Waals surface area contributed by atoms with Crippen LogP contribution in [0.4, 0.5) is 13.2 Å². The number of fused-ring (bicyclic) bond motifs is 1. The minimum Gasteiger partial charge on any atom is -0.335 e. The molecule has 1 unspecified atom stereocenters. The van der Waals surface area contributed by atoms with Crippen LogP contribution in [0.3, 0.4) is 0 Å². The largest absolute Gasteiger partial charge is 0.397 e. The van der Waals surface area contributed by atoms with Crippen molar-refractivity contribution >= 4 is 11.0 Å². The zero-order chi connectivity index (χ0) is 12.6. The van der Waals surface area contributed by atoms with Gasteiger partial charge in [-0.15, -0.1) is 0 Å². The molecule has 0 radical (unpaired) electrons. The summed E-state index contributed by atoms with van der Waals surface area (Å²) in [4.78, 5) is 4.05. The summed E-state index contributed by atoms with van der Waals surface area (Å²) in [6, 6.07) is 3.25. The Morgan fingerprint density at radius 2 is 2.18 bits per heavy atom. The van der Waals surface area contributed by atoms with Crippen LogP contribution in [0.15, 0.2) is 24.5 Å². The van der Waals surface area contributed by atoms with E-state index in [-0.39, 0.29) is 5.56 Å². The average molecular weight is 243 g/mol. The first-order valence-corrected chi connectivity index (χ1v) is 5.12. The van der Waals surface area contributed by atoms with Gasteiger partial charge >= 0.3 is 6.18 Å². The fourth-order valence-corrected chi connectivity index (χ4v) is 1.96. The molecule has 0 bridgehead atoms. The number of halogens is 3. The van der Waals surface area contributed by atoms with Crippen molar-refractivity contribution in [3.8, 4) is 0 Å². The highest BCUT2D eigenvalue weighted by atomic mass is 19.4. The maximum absolute atomic E-state index is 12.8. The van der Waals surface area contributed by atoms with Crippen molar-refractivity contribution < 1.29 is 13.2 Å². The molecular weight excluding hydrogens is 231 g/mol. The normalized spacial score (nSPS) is 14.2. The summed E-state index contributed by atoms with van der Waals surface area (Å²) in [5, 5.41) is 0.503. The summed E-state index contributed by atoms with van der Waals surface area (Å²) < 4.78 is 40.1. The highest BCUT2D eigenvalue weighted by Gasteiger charge is 2.41.